The van der Waals surface area contributed by atoms with Gasteiger partial charge in [-0.3, -0.25) is 9.52 Å². The molecule has 0 saturated carbocycles. The number of nitrogens with one attached hydrogen (secondary N) is 1. The number of hydrogen-bond acceptors (Lipinski definition) is 5. The number of aliphatic carboxylic acids is 1. The zero-order chi connectivity index (χ0) is 12.0. The van der Waals surface area contributed by atoms with E-state index in [9.17, 15) is 13.2 Å². The first-order chi connectivity index (χ1) is 7.49. The van der Waals surface area contributed by atoms with Crippen molar-refractivity contribution in [2.45, 2.75) is 12.8 Å². The molecular formula is C8H11N3O4S. The molecule has 1 heterocycles. The van der Waals surface area contributed by atoms with Crippen molar-refractivity contribution in [3.8, 4) is 0 Å². The molecule has 7 nitrogen and oxygen atoms in total. The minimum Gasteiger partial charge on any atom is -0.481 e. The zero-order valence-corrected chi connectivity index (χ0v) is 9.14. The van der Waals surface area contributed by atoms with Crippen molar-refractivity contribution >= 4 is 21.7 Å². The van der Waals surface area contributed by atoms with E-state index in [4.69, 9.17) is 5.11 Å². The van der Waals surface area contributed by atoms with E-state index in [2.05, 4.69) is 14.7 Å². The predicted molar refractivity (Wildman–Crippen MR) is 56.3 cm³/mol. The summed E-state index contributed by atoms with van der Waals surface area (Å²) in [5.74, 6) is -1.26. The van der Waals surface area contributed by atoms with Gasteiger partial charge in [-0.25, -0.2) is 18.4 Å². The number of anilines is 1. The molecule has 0 fully saturated rings. The molecule has 0 aliphatic carbocycles. The normalized spacial score (nSPS) is 11.0. The van der Waals surface area contributed by atoms with E-state index >= 15 is 0 Å². The van der Waals surface area contributed by atoms with E-state index in [1.807, 2.05) is 0 Å². The third-order valence-electron chi connectivity index (χ3n) is 1.64. The van der Waals surface area contributed by atoms with Crippen LogP contribution in [0.15, 0.2) is 18.7 Å². The van der Waals surface area contributed by atoms with Crippen LogP contribution in [-0.4, -0.2) is 35.2 Å². The van der Waals surface area contributed by atoms with Crippen LogP contribution >= 0.6 is 0 Å². The number of hydrogen-bond donors (Lipinski definition) is 2. The van der Waals surface area contributed by atoms with Gasteiger partial charge in [-0.15, -0.1) is 0 Å². The maximum Gasteiger partial charge on any atom is 0.303 e. The van der Waals surface area contributed by atoms with Crippen molar-refractivity contribution in [1.29, 1.82) is 0 Å². The van der Waals surface area contributed by atoms with Gasteiger partial charge >= 0.3 is 5.97 Å². The van der Waals surface area contributed by atoms with E-state index < -0.39 is 16.0 Å². The molecule has 0 aromatic carbocycles. The second kappa shape index (κ2) is 5.40. The highest BCUT2D eigenvalue weighted by Crippen LogP contribution is 2.06. The standard InChI is InChI=1S/C8H11N3O4S/c12-8(13)2-1-3-16(14,15)11-7-4-9-6-10-5-7/h4-6,11H,1-3H2,(H,12,13). The summed E-state index contributed by atoms with van der Waals surface area (Å²) in [4.78, 5) is 17.5. The van der Waals surface area contributed by atoms with Crippen LogP contribution in [-0.2, 0) is 14.8 Å². The van der Waals surface area contributed by atoms with Gasteiger partial charge in [-0.2, -0.15) is 0 Å². The topological polar surface area (TPSA) is 109 Å². The van der Waals surface area contributed by atoms with Crippen molar-refractivity contribution < 1.29 is 18.3 Å². The molecule has 2 N–H and O–H groups in total. The average Bonchev–Trinajstić information content (AvgIpc) is 2.17. The molecule has 0 bridgehead atoms. The molecule has 0 spiro atoms. The Morgan fingerprint density at radius 1 is 1.38 bits per heavy atom. The van der Waals surface area contributed by atoms with Crippen molar-refractivity contribution in [2.24, 2.45) is 0 Å². The summed E-state index contributed by atoms with van der Waals surface area (Å²) in [5, 5.41) is 8.36. The lowest BCUT2D eigenvalue weighted by Crippen LogP contribution is -2.17. The number of aromatic nitrogens is 2. The molecule has 0 unspecified atom stereocenters. The predicted octanol–water partition coefficient (Wildman–Crippen LogP) is 0.0831. The van der Waals surface area contributed by atoms with Crippen molar-refractivity contribution in [1.82, 2.24) is 9.97 Å². The van der Waals surface area contributed by atoms with Gasteiger partial charge in [0.2, 0.25) is 10.0 Å². The largest absolute Gasteiger partial charge is 0.481 e. The Hall–Kier alpha value is -1.70. The maximum absolute atomic E-state index is 11.4. The fraction of sp³-hybridized carbons (Fsp3) is 0.375. The van der Waals surface area contributed by atoms with E-state index in [-0.39, 0.29) is 24.3 Å². The zero-order valence-electron chi connectivity index (χ0n) is 8.33. The highest BCUT2D eigenvalue weighted by Gasteiger charge is 2.11. The molecule has 0 amide bonds. The van der Waals surface area contributed by atoms with Crippen LogP contribution in [0.1, 0.15) is 12.8 Å². The third-order valence-corrected chi connectivity index (χ3v) is 3.01. The molecule has 1 aromatic heterocycles. The Kier molecular flexibility index (Phi) is 4.18. The van der Waals surface area contributed by atoms with E-state index in [0.717, 1.165) is 0 Å². The van der Waals surface area contributed by atoms with E-state index in [1.54, 1.807) is 0 Å². The Balaban J connectivity index is 2.49. The summed E-state index contributed by atoms with van der Waals surface area (Å²) >= 11 is 0. The summed E-state index contributed by atoms with van der Waals surface area (Å²) in [6.07, 6.45) is 3.82. The fourth-order valence-electron chi connectivity index (χ4n) is 0.996. The minimum atomic E-state index is -3.52. The van der Waals surface area contributed by atoms with Gasteiger partial charge in [0.15, 0.2) is 0 Å². The number of nitrogens with zero attached hydrogens (tertiary/aromatic N) is 2. The number of carboxylic acids is 1. The van der Waals surface area contributed by atoms with Gasteiger partial charge in [0.25, 0.3) is 0 Å². The van der Waals surface area contributed by atoms with Crippen LogP contribution in [0.5, 0.6) is 0 Å². The SMILES string of the molecule is O=C(O)CCCS(=O)(=O)Nc1cncnc1. The Bertz CT molecular complexity index is 446. The molecule has 0 radical (unpaired) electrons. The summed E-state index contributed by atoms with van der Waals surface area (Å²) in [7, 11) is -3.52. The second-order valence-corrected chi connectivity index (χ2v) is 4.89. The molecular weight excluding hydrogens is 234 g/mol. The van der Waals surface area contributed by atoms with Gasteiger partial charge < -0.3 is 5.11 Å². The first-order valence-electron chi connectivity index (χ1n) is 4.47. The summed E-state index contributed by atoms with van der Waals surface area (Å²) in [5.41, 5.74) is 0.262. The van der Waals surface area contributed by atoms with E-state index in [1.165, 1.54) is 18.7 Å². The molecule has 0 saturated heterocycles. The Morgan fingerprint density at radius 2 is 2.00 bits per heavy atom. The van der Waals surface area contributed by atoms with Gasteiger partial charge in [-0.05, 0) is 6.42 Å². The Morgan fingerprint density at radius 3 is 2.56 bits per heavy atom. The van der Waals surface area contributed by atoms with Crippen LogP contribution in [0.25, 0.3) is 0 Å². The van der Waals surface area contributed by atoms with Crippen molar-refractivity contribution in [3.05, 3.63) is 18.7 Å². The van der Waals surface area contributed by atoms with Crippen LogP contribution < -0.4 is 4.72 Å². The lowest BCUT2D eigenvalue weighted by Gasteiger charge is -2.05. The van der Waals surface area contributed by atoms with Gasteiger partial charge in [0.1, 0.15) is 6.33 Å². The van der Waals surface area contributed by atoms with Crippen molar-refractivity contribution in [2.75, 3.05) is 10.5 Å². The fourth-order valence-corrected chi connectivity index (χ4v) is 2.09. The first-order valence-corrected chi connectivity index (χ1v) is 6.12. The van der Waals surface area contributed by atoms with Crippen LogP contribution in [0.4, 0.5) is 5.69 Å². The number of carboxylic acid groups (broad SMARTS) is 1. The number of sulfonamides is 1. The van der Waals surface area contributed by atoms with Crippen LogP contribution in [0.2, 0.25) is 0 Å². The summed E-state index contributed by atoms with van der Waals surface area (Å²) < 4.78 is 25.1. The highest BCUT2D eigenvalue weighted by molar-refractivity contribution is 7.92. The van der Waals surface area contributed by atoms with Crippen LogP contribution in [0, 0.1) is 0 Å². The van der Waals surface area contributed by atoms with Gasteiger partial charge in [-0.1, -0.05) is 0 Å². The van der Waals surface area contributed by atoms with Gasteiger partial charge in [0.05, 0.1) is 23.8 Å². The molecule has 0 aliphatic heterocycles. The number of rotatable bonds is 6. The third kappa shape index (κ3) is 4.69. The molecule has 0 aliphatic rings. The second-order valence-electron chi connectivity index (χ2n) is 3.05. The van der Waals surface area contributed by atoms with E-state index in [0.29, 0.717) is 0 Å². The smallest absolute Gasteiger partial charge is 0.303 e. The number of carbonyl (C=O) groups is 1. The average molecular weight is 245 g/mol. The lowest BCUT2D eigenvalue weighted by atomic mass is 10.3. The maximum atomic E-state index is 11.4. The minimum absolute atomic E-state index is 0.0678. The monoisotopic (exact) mass is 245 g/mol. The molecule has 8 heteroatoms. The van der Waals surface area contributed by atoms with Gasteiger partial charge in [0, 0.05) is 6.42 Å². The lowest BCUT2D eigenvalue weighted by molar-refractivity contribution is -0.137. The Labute approximate surface area is 92.6 Å². The molecule has 1 aromatic rings. The molecule has 16 heavy (non-hydrogen) atoms. The first kappa shape index (κ1) is 12.4. The quantitative estimate of drug-likeness (QED) is 0.734. The van der Waals surface area contributed by atoms with Crippen LogP contribution in [0.3, 0.4) is 0 Å². The molecule has 0 atom stereocenters. The molecule has 1 rings (SSSR count). The molecule has 88 valence electrons. The summed E-state index contributed by atoms with van der Waals surface area (Å²) in [6, 6.07) is 0. The van der Waals surface area contributed by atoms with Crippen molar-refractivity contribution in [3.63, 3.8) is 0 Å². The highest BCUT2D eigenvalue weighted by atomic mass is 32.2. The summed E-state index contributed by atoms with van der Waals surface area (Å²) in [6.45, 7) is 0.